The van der Waals surface area contributed by atoms with Gasteiger partial charge in [-0.15, -0.1) is 0 Å². The first-order chi connectivity index (χ1) is 29.2. The van der Waals surface area contributed by atoms with E-state index in [-0.39, 0.29) is 12.8 Å². The van der Waals surface area contributed by atoms with Crippen molar-refractivity contribution in [3.63, 3.8) is 0 Å². The van der Waals surface area contributed by atoms with Crippen molar-refractivity contribution >= 4 is 5.91 Å². The Balaban J connectivity index is 2.44. The number of hydrogen-bond donors (Lipinski definition) is 8. The van der Waals surface area contributed by atoms with Crippen molar-refractivity contribution < 1.29 is 50.0 Å². The van der Waals surface area contributed by atoms with E-state index in [0.29, 0.717) is 12.8 Å². The van der Waals surface area contributed by atoms with Gasteiger partial charge in [0, 0.05) is 0 Å². The Labute approximate surface area is 365 Å². The van der Waals surface area contributed by atoms with E-state index in [1.807, 2.05) is 0 Å². The Morgan fingerprint density at radius 3 is 1.43 bits per heavy atom. The molecule has 1 aliphatic rings. The topological polar surface area (TPSA) is 189 Å². The van der Waals surface area contributed by atoms with Crippen LogP contribution in [-0.2, 0) is 14.3 Å². The molecule has 0 aliphatic carbocycles. The minimum atomic E-state index is -1.67. The lowest BCUT2D eigenvalue weighted by Gasteiger charge is -2.40. The number of aliphatic hydroxyl groups is 7. The SMILES string of the molecule is CCCCCCCCCC/C=C\CCCCCCCCC(O)C(=O)NC(COC1OC(CO)C(O)C(O)C1O)C(O)C(O)CCC/C=C/CCCCCCCCCCCC. The zero-order chi connectivity index (χ0) is 44.1. The molecule has 0 saturated carbocycles. The summed E-state index contributed by atoms with van der Waals surface area (Å²) in [6, 6.07) is -1.18. The molecule has 9 unspecified atom stereocenters. The molecular weight excluding hydrogens is 763 g/mol. The van der Waals surface area contributed by atoms with Gasteiger partial charge in [-0.05, 0) is 64.2 Å². The summed E-state index contributed by atoms with van der Waals surface area (Å²) in [5.74, 6) is -0.711. The van der Waals surface area contributed by atoms with Crippen molar-refractivity contribution in [3.8, 4) is 0 Å². The maximum atomic E-state index is 13.1. The van der Waals surface area contributed by atoms with Crippen LogP contribution in [0.25, 0.3) is 0 Å². The summed E-state index contributed by atoms with van der Waals surface area (Å²) in [5.41, 5.74) is 0. The lowest BCUT2D eigenvalue weighted by molar-refractivity contribution is -0.303. The van der Waals surface area contributed by atoms with E-state index in [0.717, 1.165) is 57.8 Å². The van der Waals surface area contributed by atoms with Gasteiger partial charge in [0.15, 0.2) is 6.29 Å². The van der Waals surface area contributed by atoms with Crippen LogP contribution >= 0.6 is 0 Å². The summed E-state index contributed by atoms with van der Waals surface area (Å²) in [7, 11) is 0. The standard InChI is InChI=1S/C49H93NO10/c1-3-5-7-9-11-13-15-17-19-20-21-23-25-27-29-31-33-35-37-42(53)48(58)50-40(39-59-49-47(57)46(56)45(55)43(38-51)60-49)44(54)41(52)36-34-32-30-28-26-24-22-18-16-14-12-10-8-6-4-2/h20-21,28,30,40-47,49,51-57H,3-19,22-27,29,31-39H2,1-2H3,(H,50,58)/b21-20-,30-28+. The van der Waals surface area contributed by atoms with E-state index in [4.69, 9.17) is 9.47 Å². The van der Waals surface area contributed by atoms with Gasteiger partial charge in [-0.1, -0.05) is 173 Å². The number of hydrogen-bond acceptors (Lipinski definition) is 10. The van der Waals surface area contributed by atoms with Gasteiger partial charge < -0.3 is 50.5 Å². The lowest BCUT2D eigenvalue weighted by atomic mass is 9.98. The predicted molar refractivity (Wildman–Crippen MR) is 242 cm³/mol. The van der Waals surface area contributed by atoms with Crippen LogP contribution in [0.1, 0.15) is 213 Å². The molecule has 11 nitrogen and oxygen atoms in total. The van der Waals surface area contributed by atoms with E-state index in [1.54, 1.807) is 0 Å². The van der Waals surface area contributed by atoms with Gasteiger partial charge >= 0.3 is 0 Å². The molecule has 8 N–H and O–H groups in total. The maximum absolute atomic E-state index is 13.1. The number of amides is 1. The van der Waals surface area contributed by atoms with Crippen LogP contribution in [0.4, 0.5) is 0 Å². The zero-order valence-corrected chi connectivity index (χ0v) is 38.2. The van der Waals surface area contributed by atoms with Crippen molar-refractivity contribution in [1.82, 2.24) is 5.32 Å². The fourth-order valence-electron chi connectivity index (χ4n) is 7.85. The summed E-state index contributed by atoms with van der Waals surface area (Å²) in [5, 5.41) is 75.7. The molecule has 0 spiro atoms. The molecule has 0 bridgehead atoms. The van der Waals surface area contributed by atoms with E-state index < -0.39 is 74.2 Å². The van der Waals surface area contributed by atoms with Crippen LogP contribution in [-0.4, -0.2) is 110 Å². The molecule has 1 fully saturated rings. The van der Waals surface area contributed by atoms with Gasteiger partial charge in [0.05, 0.1) is 25.4 Å². The van der Waals surface area contributed by atoms with Gasteiger partial charge in [-0.2, -0.15) is 0 Å². The molecule has 1 heterocycles. The van der Waals surface area contributed by atoms with Crippen LogP contribution in [0.5, 0.6) is 0 Å². The van der Waals surface area contributed by atoms with Crippen molar-refractivity contribution in [3.05, 3.63) is 24.3 Å². The largest absolute Gasteiger partial charge is 0.394 e. The number of ether oxygens (including phenoxy) is 2. The van der Waals surface area contributed by atoms with Crippen molar-refractivity contribution in [2.24, 2.45) is 0 Å². The van der Waals surface area contributed by atoms with E-state index >= 15 is 0 Å². The summed E-state index contributed by atoms with van der Waals surface area (Å²) in [4.78, 5) is 13.1. The number of rotatable bonds is 41. The minimum Gasteiger partial charge on any atom is -0.394 e. The molecule has 0 radical (unpaired) electrons. The Kier molecular flexibility index (Phi) is 37.0. The Hall–Kier alpha value is -1.41. The van der Waals surface area contributed by atoms with Gasteiger partial charge in [-0.3, -0.25) is 4.79 Å². The van der Waals surface area contributed by atoms with Gasteiger partial charge in [-0.25, -0.2) is 0 Å². The molecule has 11 heteroatoms. The first-order valence-corrected chi connectivity index (χ1v) is 24.7. The van der Waals surface area contributed by atoms with Crippen LogP contribution in [0.3, 0.4) is 0 Å². The summed E-state index contributed by atoms with van der Waals surface area (Å²) in [6.45, 7) is 3.43. The third-order valence-corrected chi connectivity index (χ3v) is 12.0. The first-order valence-electron chi connectivity index (χ1n) is 24.7. The molecule has 1 aliphatic heterocycles. The van der Waals surface area contributed by atoms with Crippen LogP contribution < -0.4 is 5.32 Å². The summed E-state index contributed by atoms with van der Waals surface area (Å²) >= 11 is 0. The molecule has 1 saturated heterocycles. The molecule has 354 valence electrons. The van der Waals surface area contributed by atoms with Gasteiger partial charge in [0.1, 0.15) is 36.6 Å². The molecule has 1 rings (SSSR count). The second kappa shape index (κ2) is 39.2. The number of unbranched alkanes of at least 4 members (excludes halogenated alkanes) is 25. The molecule has 0 aromatic rings. The molecule has 1 amide bonds. The number of carbonyl (C=O) groups excluding carboxylic acids is 1. The van der Waals surface area contributed by atoms with Crippen molar-refractivity contribution in [2.45, 2.75) is 268 Å². The van der Waals surface area contributed by atoms with Crippen LogP contribution in [0.2, 0.25) is 0 Å². The second-order valence-corrected chi connectivity index (χ2v) is 17.5. The summed E-state index contributed by atoms with van der Waals surface area (Å²) in [6.07, 6.45) is 32.2. The molecule has 0 aromatic heterocycles. The number of nitrogens with one attached hydrogen (secondary N) is 1. The minimum absolute atomic E-state index is 0.248. The highest BCUT2D eigenvalue weighted by Gasteiger charge is 2.44. The van der Waals surface area contributed by atoms with Crippen LogP contribution in [0, 0.1) is 0 Å². The Morgan fingerprint density at radius 2 is 0.983 bits per heavy atom. The maximum Gasteiger partial charge on any atom is 0.249 e. The second-order valence-electron chi connectivity index (χ2n) is 17.5. The van der Waals surface area contributed by atoms with Crippen molar-refractivity contribution in [2.75, 3.05) is 13.2 Å². The quantitative estimate of drug-likeness (QED) is 0.0218. The van der Waals surface area contributed by atoms with E-state index in [1.165, 1.54) is 116 Å². The molecular formula is C49H93NO10. The third kappa shape index (κ3) is 28.3. The highest BCUT2D eigenvalue weighted by atomic mass is 16.7. The van der Waals surface area contributed by atoms with Gasteiger partial charge in [0.2, 0.25) is 5.91 Å². The molecule has 60 heavy (non-hydrogen) atoms. The average Bonchev–Trinajstić information content (AvgIpc) is 3.25. The first kappa shape index (κ1) is 56.6. The predicted octanol–water partition coefficient (Wildman–Crippen LogP) is 8.62. The van der Waals surface area contributed by atoms with E-state index in [9.17, 15) is 40.5 Å². The number of allylic oxidation sites excluding steroid dienone is 4. The van der Waals surface area contributed by atoms with Crippen molar-refractivity contribution in [1.29, 1.82) is 0 Å². The normalized spacial score (nSPS) is 21.8. The molecule has 9 atom stereocenters. The fraction of sp³-hybridized carbons (Fsp3) is 0.898. The fourth-order valence-corrected chi connectivity index (χ4v) is 7.85. The molecule has 0 aromatic carbocycles. The zero-order valence-electron chi connectivity index (χ0n) is 38.2. The lowest BCUT2D eigenvalue weighted by Crippen LogP contribution is -2.60. The Morgan fingerprint density at radius 1 is 0.567 bits per heavy atom. The number of carbonyl (C=O) groups is 1. The highest BCUT2D eigenvalue weighted by Crippen LogP contribution is 2.23. The summed E-state index contributed by atoms with van der Waals surface area (Å²) < 4.78 is 11.1. The smallest absolute Gasteiger partial charge is 0.249 e. The number of aliphatic hydroxyl groups excluding tert-OH is 7. The Bertz CT molecular complexity index is 1030. The van der Waals surface area contributed by atoms with Crippen LogP contribution in [0.15, 0.2) is 24.3 Å². The monoisotopic (exact) mass is 856 g/mol. The average molecular weight is 856 g/mol. The van der Waals surface area contributed by atoms with Gasteiger partial charge in [0.25, 0.3) is 0 Å². The van der Waals surface area contributed by atoms with E-state index in [2.05, 4.69) is 43.5 Å². The highest BCUT2D eigenvalue weighted by molar-refractivity contribution is 5.80. The third-order valence-electron chi connectivity index (χ3n) is 12.0.